The smallest absolute Gasteiger partial charge is 0.475 e. The molecular weight excluding hydrogens is 503 g/mol. The number of hydrogen-bond acceptors (Lipinski definition) is 9. The quantitative estimate of drug-likeness (QED) is 0.345. The van der Waals surface area contributed by atoms with Crippen molar-refractivity contribution in [1.29, 1.82) is 0 Å². The lowest BCUT2D eigenvalue weighted by atomic mass is 10.1. The molecule has 1 unspecified atom stereocenters. The second-order valence-corrected chi connectivity index (χ2v) is 10.0. The van der Waals surface area contributed by atoms with E-state index in [9.17, 15) is 21.6 Å². The van der Waals surface area contributed by atoms with Gasteiger partial charge >= 0.3 is 12.1 Å². The van der Waals surface area contributed by atoms with E-state index in [1.165, 1.54) is 12.6 Å². The number of aromatic amines is 1. The highest BCUT2D eigenvalue weighted by Gasteiger charge is 2.38. The van der Waals surface area contributed by atoms with E-state index in [1.807, 2.05) is 31.2 Å². The highest BCUT2D eigenvalue weighted by Crippen LogP contribution is 2.27. The van der Waals surface area contributed by atoms with Crippen LogP contribution in [0, 0.1) is 6.92 Å². The molecule has 1 atom stereocenters. The van der Waals surface area contributed by atoms with Gasteiger partial charge < -0.3 is 15.7 Å². The van der Waals surface area contributed by atoms with Crippen LogP contribution in [0.15, 0.2) is 52.4 Å². The zero-order chi connectivity index (χ0) is 26.7. The number of carboxylic acid groups (broad SMARTS) is 1. The predicted octanol–water partition coefficient (Wildman–Crippen LogP) is 2.22. The van der Waals surface area contributed by atoms with E-state index >= 15 is 0 Å². The second-order valence-electron chi connectivity index (χ2n) is 7.87. The molecule has 11 nitrogen and oxygen atoms in total. The number of halogens is 3. The lowest BCUT2D eigenvalue weighted by molar-refractivity contribution is -0.192. The normalized spacial score (nSPS) is 17.6. The van der Waals surface area contributed by atoms with Crippen LogP contribution in [0.3, 0.4) is 0 Å². The van der Waals surface area contributed by atoms with Crippen molar-refractivity contribution in [3.05, 3.63) is 59.3 Å². The summed E-state index contributed by atoms with van der Waals surface area (Å²) >= 11 is 0. The number of nitrogens with one attached hydrogen (secondary N) is 3. The van der Waals surface area contributed by atoms with Gasteiger partial charge in [-0.3, -0.25) is 10.8 Å². The standard InChI is InChI=1S/C19H21N7O2S.C2HF3O2/c1-12-16-7-6-14(9-17(16)26-25-12)19(20)22-11-21-18(24-19)23-15-5-3-4-13(8-15)10-29(2,27)28;3-2(4,5)1(6)7/h3-9,11H,10,20H2,1-2H3,(H,25,26)(H2,21,22,23,24);(H,6,7). The van der Waals surface area contributed by atoms with E-state index in [4.69, 9.17) is 15.6 Å². The maximum absolute atomic E-state index is 11.5. The summed E-state index contributed by atoms with van der Waals surface area (Å²) in [4.78, 5) is 17.7. The van der Waals surface area contributed by atoms with Gasteiger partial charge in [-0.25, -0.2) is 23.2 Å². The third-order valence-electron chi connectivity index (χ3n) is 4.78. The second kappa shape index (κ2) is 9.94. The lowest BCUT2D eigenvalue weighted by Gasteiger charge is -2.26. The minimum atomic E-state index is -5.08. The Hall–Kier alpha value is -3.98. The molecule has 6 N–H and O–H groups in total. The Kier molecular flexibility index (Phi) is 7.35. The molecule has 0 spiro atoms. The fourth-order valence-corrected chi connectivity index (χ4v) is 3.96. The molecule has 1 aliphatic heterocycles. The molecule has 0 saturated heterocycles. The Labute approximate surface area is 203 Å². The van der Waals surface area contributed by atoms with Crippen molar-refractivity contribution in [3.63, 3.8) is 0 Å². The van der Waals surface area contributed by atoms with Gasteiger partial charge in [-0.05, 0) is 30.7 Å². The van der Waals surface area contributed by atoms with Gasteiger partial charge in [0.15, 0.2) is 9.84 Å². The number of alkyl halides is 3. The Morgan fingerprint density at radius 1 is 1.22 bits per heavy atom. The minimum absolute atomic E-state index is 0.0339. The van der Waals surface area contributed by atoms with Crippen LogP contribution in [-0.2, 0) is 26.2 Å². The van der Waals surface area contributed by atoms with Crippen molar-refractivity contribution in [2.75, 3.05) is 11.6 Å². The van der Waals surface area contributed by atoms with Gasteiger partial charge in [-0.2, -0.15) is 18.3 Å². The number of fused-ring (bicyclic) bond motifs is 1. The van der Waals surface area contributed by atoms with Crippen molar-refractivity contribution < 1.29 is 31.5 Å². The Balaban J connectivity index is 0.000000454. The first-order valence-corrected chi connectivity index (χ1v) is 12.2. The number of aliphatic imine (C=N–C) groups is 2. The topological polar surface area (TPSA) is 175 Å². The molecule has 4 rings (SSSR count). The van der Waals surface area contributed by atoms with Crippen LogP contribution in [0.2, 0.25) is 0 Å². The SMILES string of the molecule is Cc1[nH]nc2cc(C3(N)N=CNC(Nc4cccc(CS(C)(=O)=O)c4)=N3)ccc12.O=C(O)C(F)(F)F. The number of aryl methyl sites for hydroxylation is 1. The molecule has 1 aliphatic rings. The maximum atomic E-state index is 11.5. The molecular formula is C21H22F3N7O4S. The molecule has 1 aromatic heterocycles. The van der Waals surface area contributed by atoms with Gasteiger partial charge in [-0.15, -0.1) is 0 Å². The van der Waals surface area contributed by atoms with Gasteiger partial charge in [0, 0.05) is 28.6 Å². The molecule has 36 heavy (non-hydrogen) atoms. The summed E-state index contributed by atoms with van der Waals surface area (Å²) in [6.45, 7) is 1.95. The first-order valence-electron chi connectivity index (χ1n) is 10.1. The molecule has 0 amide bonds. The van der Waals surface area contributed by atoms with Gasteiger partial charge in [0.05, 0.1) is 17.6 Å². The number of carboxylic acids is 1. The number of benzene rings is 2. The van der Waals surface area contributed by atoms with Crippen LogP contribution in [-0.4, -0.2) is 54.4 Å². The minimum Gasteiger partial charge on any atom is -0.475 e. The molecule has 0 bridgehead atoms. The molecule has 2 heterocycles. The average Bonchev–Trinajstić information content (AvgIpc) is 3.13. The number of guanidine groups is 1. The summed E-state index contributed by atoms with van der Waals surface area (Å²) < 4.78 is 54.8. The molecule has 0 aliphatic carbocycles. The number of aromatic nitrogens is 2. The lowest BCUT2D eigenvalue weighted by Crippen LogP contribution is -2.43. The summed E-state index contributed by atoms with van der Waals surface area (Å²) in [5.41, 5.74) is 10.3. The van der Waals surface area contributed by atoms with E-state index in [2.05, 4.69) is 30.8 Å². The van der Waals surface area contributed by atoms with Crippen LogP contribution >= 0.6 is 0 Å². The molecule has 0 saturated carbocycles. The first-order chi connectivity index (χ1) is 16.7. The number of anilines is 1. The van der Waals surface area contributed by atoms with Crippen molar-refractivity contribution >= 4 is 44.7 Å². The van der Waals surface area contributed by atoms with Crippen LogP contribution < -0.4 is 16.4 Å². The van der Waals surface area contributed by atoms with Crippen LogP contribution in [0.4, 0.5) is 18.9 Å². The van der Waals surface area contributed by atoms with E-state index in [-0.39, 0.29) is 5.75 Å². The number of aliphatic carboxylic acids is 1. The third kappa shape index (κ3) is 6.79. The predicted molar refractivity (Wildman–Crippen MR) is 128 cm³/mol. The molecule has 0 radical (unpaired) electrons. The summed E-state index contributed by atoms with van der Waals surface area (Å²) in [6.07, 6.45) is -2.40. The third-order valence-corrected chi connectivity index (χ3v) is 5.63. The summed E-state index contributed by atoms with van der Waals surface area (Å²) in [7, 11) is -3.12. The molecule has 3 aromatic rings. The average molecular weight is 526 g/mol. The van der Waals surface area contributed by atoms with Crippen molar-refractivity contribution in [2.24, 2.45) is 15.7 Å². The van der Waals surface area contributed by atoms with E-state index < -0.39 is 27.8 Å². The van der Waals surface area contributed by atoms with Gasteiger partial charge in [0.1, 0.15) is 0 Å². The monoisotopic (exact) mass is 525 g/mol. The van der Waals surface area contributed by atoms with E-state index in [0.717, 1.165) is 16.6 Å². The summed E-state index contributed by atoms with van der Waals surface area (Å²) in [5, 5.41) is 21.4. The Morgan fingerprint density at radius 3 is 2.56 bits per heavy atom. The maximum Gasteiger partial charge on any atom is 0.490 e. The van der Waals surface area contributed by atoms with Crippen molar-refractivity contribution in [3.8, 4) is 0 Å². The zero-order valence-corrected chi connectivity index (χ0v) is 19.8. The number of rotatable bonds is 4. The highest BCUT2D eigenvalue weighted by molar-refractivity contribution is 7.89. The molecule has 15 heteroatoms. The summed E-state index contributed by atoms with van der Waals surface area (Å²) in [5.74, 6) is -3.70. The number of hydrogen-bond donors (Lipinski definition) is 5. The first kappa shape index (κ1) is 26.6. The van der Waals surface area contributed by atoms with Gasteiger partial charge in [-0.1, -0.05) is 24.3 Å². The van der Waals surface area contributed by atoms with Crippen LogP contribution in [0.5, 0.6) is 0 Å². The molecule has 2 aromatic carbocycles. The van der Waals surface area contributed by atoms with E-state index in [0.29, 0.717) is 22.8 Å². The van der Waals surface area contributed by atoms with Crippen molar-refractivity contribution in [2.45, 2.75) is 24.6 Å². The van der Waals surface area contributed by atoms with Crippen molar-refractivity contribution in [1.82, 2.24) is 15.5 Å². The number of nitrogens with zero attached hydrogens (tertiary/aromatic N) is 3. The number of nitrogens with two attached hydrogens (primary N) is 1. The zero-order valence-electron chi connectivity index (χ0n) is 19.0. The largest absolute Gasteiger partial charge is 0.490 e. The van der Waals surface area contributed by atoms with Crippen LogP contribution in [0.25, 0.3) is 10.9 Å². The Bertz CT molecular complexity index is 1450. The highest BCUT2D eigenvalue weighted by atomic mass is 32.2. The van der Waals surface area contributed by atoms with Gasteiger partial charge in [0.25, 0.3) is 0 Å². The van der Waals surface area contributed by atoms with Gasteiger partial charge in [0.2, 0.25) is 11.7 Å². The van der Waals surface area contributed by atoms with Crippen LogP contribution in [0.1, 0.15) is 16.8 Å². The number of H-pyrrole nitrogens is 1. The number of sulfone groups is 1. The van der Waals surface area contributed by atoms with E-state index in [1.54, 1.807) is 18.2 Å². The number of carbonyl (C=O) groups is 1. The Morgan fingerprint density at radius 2 is 1.92 bits per heavy atom. The summed E-state index contributed by atoms with van der Waals surface area (Å²) in [6, 6.07) is 12.8. The molecule has 0 fully saturated rings. The molecule has 192 valence electrons. The fourth-order valence-electron chi connectivity index (χ4n) is 3.18. The fraction of sp³-hybridized carbons (Fsp3) is 0.238.